The molecule has 0 aromatic heterocycles. The molecule has 5 atom stereocenters. The molecule has 0 unspecified atom stereocenters. The molecular weight excluding hydrogens is 757 g/mol. The van der Waals surface area contributed by atoms with E-state index in [4.69, 9.17) is 9.84 Å². The smallest absolute Gasteiger partial charge is 0.303 e. The number of unbranched alkanes of at least 4 members (excludes halogenated alkanes) is 32. The SMILES string of the molecule is CCCCCCCCCCCCCCCCCCN(C(=O)CCCCCCCCCCCCCCCCC)[C@@H]1O[C@H](CO)[C@H](O)[C@H](O)[C@@H]1NC(=O)CCCCCCC(=O)O. The number of amides is 2. The van der Waals surface area contributed by atoms with Crippen LogP contribution in [0.15, 0.2) is 0 Å². The summed E-state index contributed by atoms with van der Waals surface area (Å²) in [4.78, 5) is 39.6. The highest BCUT2D eigenvalue weighted by Crippen LogP contribution is 2.26. The fourth-order valence-electron chi connectivity index (χ4n) is 8.71. The second-order valence-corrected chi connectivity index (χ2v) is 18.2. The Morgan fingerprint density at radius 3 is 1.22 bits per heavy atom. The van der Waals surface area contributed by atoms with Gasteiger partial charge in [0, 0.05) is 25.8 Å². The van der Waals surface area contributed by atoms with Crippen LogP contribution in [-0.4, -0.2) is 86.8 Å². The van der Waals surface area contributed by atoms with Crippen LogP contribution in [0.5, 0.6) is 0 Å². The molecule has 10 heteroatoms. The van der Waals surface area contributed by atoms with E-state index in [2.05, 4.69) is 19.2 Å². The normalized spacial score (nSPS) is 19.1. The first-order valence-corrected chi connectivity index (χ1v) is 25.7. The molecule has 0 saturated carbocycles. The van der Waals surface area contributed by atoms with Gasteiger partial charge in [0.25, 0.3) is 0 Å². The number of aliphatic hydroxyl groups excluding tert-OH is 3. The Morgan fingerprint density at radius 2 is 0.833 bits per heavy atom. The van der Waals surface area contributed by atoms with E-state index in [0.29, 0.717) is 38.6 Å². The molecule has 60 heavy (non-hydrogen) atoms. The second-order valence-electron chi connectivity index (χ2n) is 18.2. The van der Waals surface area contributed by atoms with Crippen LogP contribution >= 0.6 is 0 Å². The van der Waals surface area contributed by atoms with Crippen LogP contribution in [0.1, 0.15) is 258 Å². The van der Waals surface area contributed by atoms with Crippen molar-refractivity contribution in [2.75, 3.05) is 13.2 Å². The molecule has 1 fully saturated rings. The Balaban J connectivity index is 2.65. The number of aliphatic hydroxyl groups is 3. The quantitative estimate of drug-likeness (QED) is 0.0380. The van der Waals surface area contributed by atoms with Crippen LogP contribution in [0.3, 0.4) is 0 Å². The summed E-state index contributed by atoms with van der Waals surface area (Å²) in [6.45, 7) is 4.42. The van der Waals surface area contributed by atoms with Gasteiger partial charge < -0.3 is 35.4 Å². The van der Waals surface area contributed by atoms with Crippen molar-refractivity contribution < 1.29 is 39.5 Å². The van der Waals surface area contributed by atoms with Gasteiger partial charge in [-0.25, -0.2) is 0 Å². The number of carboxylic acids is 1. The first-order chi connectivity index (χ1) is 29.3. The number of ether oxygens (including phenoxy) is 1. The molecule has 5 N–H and O–H groups in total. The summed E-state index contributed by atoms with van der Waals surface area (Å²) >= 11 is 0. The molecule has 1 saturated heterocycles. The van der Waals surface area contributed by atoms with E-state index in [1.807, 2.05) is 0 Å². The summed E-state index contributed by atoms with van der Waals surface area (Å²) in [5.41, 5.74) is 0. The van der Waals surface area contributed by atoms with E-state index in [9.17, 15) is 29.7 Å². The third-order valence-electron chi connectivity index (χ3n) is 12.6. The predicted molar refractivity (Wildman–Crippen MR) is 246 cm³/mol. The molecule has 1 aliphatic heterocycles. The predicted octanol–water partition coefficient (Wildman–Crippen LogP) is 11.7. The standard InChI is InChI=1S/C50H96N2O8/c1-3-5-7-9-11-13-15-17-19-21-23-25-27-29-33-37-41-52(45(55)39-35-30-28-26-24-22-20-18-16-14-12-10-8-6-4-2)50-47(49(59)48(58)43(42-53)60-50)51-44(54)38-34-31-32-36-40-46(56)57/h43,47-50,53,58-59H,3-42H2,1-2H3,(H,51,54)(H,56,57)/t43-,47+,48+,49-,50-/m1/s1. The van der Waals surface area contributed by atoms with Gasteiger partial charge >= 0.3 is 5.97 Å². The van der Waals surface area contributed by atoms with Crippen LogP contribution in [-0.2, 0) is 19.1 Å². The van der Waals surface area contributed by atoms with E-state index in [1.165, 1.54) is 154 Å². The molecule has 1 rings (SSSR count). The fraction of sp³-hybridized carbons (Fsp3) is 0.940. The minimum absolute atomic E-state index is 0.0892. The molecule has 0 aromatic rings. The highest BCUT2D eigenvalue weighted by molar-refractivity contribution is 5.78. The van der Waals surface area contributed by atoms with Crippen molar-refractivity contribution in [2.45, 2.75) is 288 Å². The summed E-state index contributed by atoms with van der Waals surface area (Å²) in [7, 11) is 0. The van der Waals surface area contributed by atoms with Gasteiger partial charge in [-0.2, -0.15) is 0 Å². The van der Waals surface area contributed by atoms with Crippen LogP contribution in [0, 0.1) is 0 Å². The van der Waals surface area contributed by atoms with Gasteiger partial charge in [0.05, 0.1) is 6.61 Å². The molecule has 0 spiro atoms. The lowest BCUT2D eigenvalue weighted by Gasteiger charge is -2.47. The molecule has 0 aliphatic carbocycles. The van der Waals surface area contributed by atoms with Gasteiger partial charge in [0.2, 0.25) is 11.8 Å². The number of hydrogen-bond donors (Lipinski definition) is 5. The maximum absolute atomic E-state index is 14.0. The Bertz CT molecular complexity index is 1010. The second kappa shape index (κ2) is 40.1. The average molecular weight is 853 g/mol. The van der Waals surface area contributed by atoms with Crippen molar-refractivity contribution in [2.24, 2.45) is 0 Å². The fourth-order valence-corrected chi connectivity index (χ4v) is 8.71. The number of rotatable bonds is 43. The Kier molecular flexibility index (Phi) is 37.6. The van der Waals surface area contributed by atoms with Crippen molar-refractivity contribution in [3.8, 4) is 0 Å². The molecule has 1 aliphatic rings. The van der Waals surface area contributed by atoms with Gasteiger partial charge in [-0.3, -0.25) is 14.4 Å². The van der Waals surface area contributed by atoms with E-state index in [-0.39, 0.29) is 24.7 Å². The summed E-state index contributed by atoms with van der Waals surface area (Å²) < 4.78 is 6.18. The van der Waals surface area contributed by atoms with Gasteiger partial charge in [-0.05, 0) is 25.7 Å². The van der Waals surface area contributed by atoms with E-state index in [0.717, 1.165) is 44.9 Å². The summed E-state index contributed by atoms with van der Waals surface area (Å²) in [6, 6.07) is -1.05. The zero-order valence-corrected chi connectivity index (χ0v) is 39.0. The number of nitrogens with zero attached hydrogens (tertiary/aromatic N) is 1. The third kappa shape index (κ3) is 29.5. The minimum Gasteiger partial charge on any atom is -0.481 e. The number of carboxylic acid groups (broad SMARTS) is 1. The molecule has 1 heterocycles. The van der Waals surface area contributed by atoms with E-state index in [1.54, 1.807) is 4.90 Å². The Hall–Kier alpha value is -1.75. The van der Waals surface area contributed by atoms with Crippen molar-refractivity contribution in [1.29, 1.82) is 0 Å². The average Bonchev–Trinajstić information content (AvgIpc) is 3.23. The molecule has 2 amide bonds. The Morgan fingerprint density at radius 1 is 0.483 bits per heavy atom. The van der Waals surface area contributed by atoms with Crippen LogP contribution in [0.2, 0.25) is 0 Å². The zero-order chi connectivity index (χ0) is 43.9. The van der Waals surface area contributed by atoms with Crippen LogP contribution in [0.4, 0.5) is 0 Å². The van der Waals surface area contributed by atoms with Crippen molar-refractivity contribution >= 4 is 17.8 Å². The minimum atomic E-state index is -1.42. The first kappa shape index (κ1) is 56.3. The lowest BCUT2D eigenvalue weighted by molar-refractivity contribution is -0.231. The molecule has 0 bridgehead atoms. The number of aliphatic carboxylic acids is 1. The van der Waals surface area contributed by atoms with Gasteiger partial charge in [0.1, 0.15) is 24.4 Å². The number of carbonyl (C=O) groups excluding carboxylic acids is 2. The largest absolute Gasteiger partial charge is 0.481 e. The molecular formula is C50H96N2O8. The Labute approximate surface area is 368 Å². The molecule has 354 valence electrons. The van der Waals surface area contributed by atoms with Gasteiger partial charge in [-0.15, -0.1) is 0 Å². The maximum atomic E-state index is 14.0. The highest BCUT2D eigenvalue weighted by Gasteiger charge is 2.48. The number of carbonyl (C=O) groups is 3. The maximum Gasteiger partial charge on any atom is 0.303 e. The lowest BCUT2D eigenvalue weighted by Crippen LogP contribution is -2.68. The monoisotopic (exact) mass is 853 g/mol. The number of nitrogens with one attached hydrogen (secondary N) is 1. The van der Waals surface area contributed by atoms with Gasteiger partial charge in [-0.1, -0.05) is 213 Å². The lowest BCUT2D eigenvalue weighted by atomic mass is 9.94. The summed E-state index contributed by atoms with van der Waals surface area (Å²) in [6.07, 6.45) is 36.9. The van der Waals surface area contributed by atoms with Crippen molar-refractivity contribution in [1.82, 2.24) is 10.2 Å². The highest BCUT2D eigenvalue weighted by atomic mass is 16.5. The van der Waals surface area contributed by atoms with Crippen molar-refractivity contribution in [3.63, 3.8) is 0 Å². The van der Waals surface area contributed by atoms with E-state index >= 15 is 0 Å². The van der Waals surface area contributed by atoms with E-state index < -0.39 is 43.2 Å². The summed E-state index contributed by atoms with van der Waals surface area (Å²) in [5, 5.41) is 43.9. The van der Waals surface area contributed by atoms with Gasteiger partial charge in [0.15, 0.2) is 6.23 Å². The molecule has 0 aromatic carbocycles. The van der Waals surface area contributed by atoms with Crippen LogP contribution in [0.25, 0.3) is 0 Å². The topological polar surface area (TPSA) is 157 Å². The third-order valence-corrected chi connectivity index (χ3v) is 12.6. The summed E-state index contributed by atoms with van der Waals surface area (Å²) in [5.74, 6) is -1.24. The first-order valence-electron chi connectivity index (χ1n) is 25.7. The molecule has 0 radical (unpaired) electrons. The zero-order valence-electron chi connectivity index (χ0n) is 39.0. The number of hydrogen-bond acceptors (Lipinski definition) is 7. The van der Waals surface area contributed by atoms with Crippen molar-refractivity contribution in [3.05, 3.63) is 0 Å². The van der Waals surface area contributed by atoms with Crippen LogP contribution < -0.4 is 5.32 Å². The molecule has 10 nitrogen and oxygen atoms in total.